The number of carbonyl (C=O) groups excluding carboxylic acids is 1. The van der Waals surface area contributed by atoms with Gasteiger partial charge in [-0.15, -0.1) is 10.2 Å². The average Bonchev–Trinajstić information content (AvgIpc) is 2.86. The number of hydrogen-bond donors (Lipinski definition) is 4. The molecule has 3 aromatic rings. The van der Waals surface area contributed by atoms with Crippen LogP contribution in [0.15, 0.2) is 54.6 Å². The summed E-state index contributed by atoms with van der Waals surface area (Å²) in [4.78, 5) is 12.2. The summed E-state index contributed by atoms with van der Waals surface area (Å²) in [7, 11) is 0. The van der Waals surface area contributed by atoms with E-state index in [9.17, 15) is 9.90 Å². The van der Waals surface area contributed by atoms with E-state index in [1.165, 1.54) is 0 Å². The predicted octanol–water partition coefficient (Wildman–Crippen LogP) is 3.06. The monoisotopic (exact) mass is 461 g/mol. The number of para-hydroxylation sites is 1. The zero-order chi connectivity index (χ0) is 23.8. The lowest BCUT2D eigenvalue weighted by molar-refractivity contribution is -0.122. The number of aromatic nitrogens is 2. The minimum absolute atomic E-state index is 0.120. The van der Waals surface area contributed by atoms with Crippen LogP contribution in [0.3, 0.4) is 0 Å². The molecule has 0 spiro atoms. The quantitative estimate of drug-likeness (QED) is 0.386. The summed E-state index contributed by atoms with van der Waals surface area (Å²) in [5, 5.41) is 24.4. The van der Waals surface area contributed by atoms with Crippen LogP contribution in [0.5, 0.6) is 11.5 Å². The molecule has 8 nitrogen and oxygen atoms in total. The van der Waals surface area contributed by atoms with E-state index in [-0.39, 0.29) is 17.5 Å². The molecule has 2 heterocycles. The molecule has 0 unspecified atom stereocenters. The number of aromatic hydroxyl groups is 1. The van der Waals surface area contributed by atoms with E-state index >= 15 is 0 Å². The highest BCUT2D eigenvalue weighted by atomic mass is 16.5. The van der Waals surface area contributed by atoms with Crippen molar-refractivity contribution in [3.05, 3.63) is 65.7 Å². The zero-order valence-corrected chi connectivity index (χ0v) is 19.2. The summed E-state index contributed by atoms with van der Waals surface area (Å²) in [5.41, 5.74) is 9.17. The van der Waals surface area contributed by atoms with Crippen molar-refractivity contribution in [3.63, 3.8) is 0 Å². The van der Waals surface area contributed by atoms with Gasteiger partial charge in [0.25, 0.3) is 0 Å². The molecule has 0 atom stereocenters. The number of rotatable bonds is 9. The van der Waals surface area contributed by atoms with Crippen LogP contribution in [0.1, 0.15) is 30.4 Å². The Balaban J connectivity index is 1.25. The molecular formula is C26H31N5O3. The number of anilines is 1. The Bertz CT molecular complexity index is 1100. The van der Waals surface area contributed by atoms with E-state index in [0.717, 1.165) is 37.1 Å². The topological polar surface area (TPSA) is 122 Å². The Kier molecular flexibility index (Phi) is 7.93. The van der Waals surface area contributed by atoms with Crippen LogP contribution < -0.4 is 21.1 Å². The first-order chi connectivity index (χ1) is 16.6. The van der Waals surface area contributed by atoms with Gasteiger partial charge in [0, 0.05) is 31.0 Å². The van der Waals surface area contributed by atoms with Crippen LogP contribution >= 0.6 is 0 Å². The number of nitrogens with two attached hydrogens (primary N) is 1. The third-order valence-electron chi connectivity index (χ3n) is 6.06. The number of carbonyl (C=O) groups is 1. The lowest BCUT2D eigenvalue weighted by Crippen LogP contribution is -2.32. The predicted molar refractivity (Wildman–Crippen MR) is 131 cm³/mol. The van der Waals surface area contributed by atoms with Crippen LogP contribution in [-0.4, -0.2) is 40.9 Å². The van der Waals surface area contributed by atoms with E-state index < -0.39 is 0 Å². The highest BCUT2D eigenvalue weighted by molar-refractivity contribution is 5.76. The Morgan fingerprint density at radius 1 is 1.09 bits per heavy atom. The summed E-state index contributed by atoms with van der Waals surface area (Å²) < 4.78 is 5.85. The highest BCUT2D eigenvalue weighted by Gasteiger charge is 2.16. The van der Waals surface area contributed by atoms with E-state index in [0.29, 0.717) is 48.9 Å². The van der Waals surface area contributed by atoms with E-state index in [2.05, 4.69) is 20.8 Å². The van der Waals surface area contributed by atoms with Gasteiger partial charge in [0.1, 0.15) is 11.4 Å². The molecular weight excluding hydrogens is 430 g/mol. The molecule has 1 amide bonds. The van der Waals surface area contributed by atoms with Gasteiger partial charge in [-0.2, -0.15) is 0 Å². The molecule has 1 aliphatic rings. The maximum Gasteiger partial charge on any atom is 0.220 e. The summed E-state index contributed by atoms with van der Waals surface area (Å²) in [6, 6.07) is 16.7. The molecule has 4 rings (SSSR count). The van der Waals surface area contributed by atoms with Gasteiger partial charge in [0.05, 0.1) is 6.61 Å². The van der Waals surface area contributed by atoms with Crippen molar-refractivity contribution in [2.75, 3.05) is 25.4 Å². The van der Waals surface area contributed by atoms with Crippen molar-refractivity contribution in [1.29, 1.82) is 0 Å². The minimum atomic E-state index is 0.120. The summed E-state index contributed by atoms with van der Waals surface area (Å²) in [6.45, 7) is 2.97. The van der Waals surface area contributed by atoms with Crippen molar-refractivity contribution in [2.24, 2.45) is 5.92 Å². The number of amides is 1. The first-order valence-corrected chi connectivity index (χ1v) is 11.7. The van der Waals surface area contributed by atoms with Gasteiger partial charge in [-0.1, -0.05) is 36.4 Å². The number of piperidine rings is 1. The molecule has 0 radical (unpaired) electrons. The fraction of sp³-hybridized carbons (Fsp3) is 0.346. The molecule has 1 aromatic heterocycles. The van der Waals surface area contributed by atoms with Crippen molar-refractivity contribution in [2.45, 2.75) is 32.2 Å². The van der Waals surface area contributed by atoms with Crippen LogP contribution in [0.2, 0.25) is 0 Å². The smallest absolute Gasteiger partial charge is 0.220 e. The van der Waals surface area contributed by atoms with Crippen LogP contribution in [-0.2, 0) is 17.8 Å². The summed E-state index contributed by atoms with van der Waals surface area (Å²) in [5.74, 6) is 1.37. The van der Waals surface area contributed by atoms with Crippen LogP contribution in [0, 0.1) is 5.92 Å². The number of hydrogen-bond acceptors (Lipinski definition) is 7. The second-order valence-electron chi connectivity index (χ2n) is 8.59. The molecule has 34 heavy (non-hydrogen) atoms. The van der Waals surface area contributed by atoms with Gasteiger partial charge in [0.15, 0.2) is 11.6 Å². The fourth-order valence-electron chi connectivity index (χ4n) is 4.04. The van der Waals surface area contributed by atoms with Gasteiger partial charge >= 0.3 is 0 Å². The Morgan fingerprint density at radius 3 is 2.59 bits per heavy atom. The number of phenolic OH excluding ortho intramolecular Hbond substituents is 1. The molecule has 1 saturated heterocycles. The lowest BCUT2D eigenvalue weighted by atomic mass is 9.94. The minimum Gasteiger partial charge on any atom is -0.507 e. The van der Waals surface area contributed by atoms with Gasteiger partial charge in [-0.25, -0.2) is 0 Å². The second kappa shape index (κ2) is 11.5. The van der Waals surface area contributed by atoms with Crippen LogP contribution in [0.4, 0.5) is 5.82 Å². The van der Waals surface area contributed by atoms with Crippen molar-refractivity contribution >= 4 is 11.7 Å². The first kappa shape index (κ1) is 23.5. The molecule has 1 fully saturated rings. The highest BCUT2D eigenvalue weighted by Crippen LogP contribution is 2.30. The maximum atomic E-state index is 12.2. The third kappa shape index (κ3) is 6.45. The van der Waals surface area contributed by atoms with Gasteiger partial charge in [-0.3, -0.25) is 4.79 Å². The molecule has 0 saturated carbocycles. The first-order valence-electron chi connectivity index (χ1n) is 11.7. The van der Waals surface area contributed by atoms with Crippen molar-refractivity contribution in [1.82, 2.24) is 20.8 Å². The Hall–Kier alpha value is -3.65. The SMILES string of the molecule is Nc1nnc(-c2ccccc2O)cc1OCCc1ccc(CNC(=O)CC2CCNCC2)cc1. The summed E-state index contributed by atoms with van der Waals surface area (Å²) in [6.07, 6.45) is 3.44. The lowest BCUT2D eigenvalue weighted by Gasteiger charge is -2.21. The Labute approximate surface area is 199 Å². The molecule has 0 bridgehead atoms. The van der Waals surface area contributed by atoms with Crippen molar-refractivity contribution < 1.29 is 14.6 Å². The number of nitrogen functional groups attached to an aromatic ring is 1. The van der Waals surface area contributed by atoms with Gasteiger partial charge in [0.2, 0.25) is 5.91 Å². The molecule has 0 aliphatic carbocycles. The second-order valence-corrected chi connectivity index (χ2v) is 8.59. The standard InChI is InChI=1S/C26H31N5O3/c27-26-24(16-22(30-31-26)21-3-1-2-4-23(21)32)34-14-11-18-5-7-20(8-6-18)17-29-25(33)15-19-9-12-28-13-10-19/h1-8,16,19,28,32H,9-15,17H2,(H2,27,31)(H,29,33). The number of nitrogens with one attached hydrogen (secondary N) is 2. The zero-order valence-electron chi connectivity index (χ0n) is 19.2. The fourth-order valence-corrected chi connectivity index (χ4v) is 4.04. The van der Waals surface area contributed by atoms with Gasteiger partial charge < -0.3 is 26.2 Å². The number of nitrogens with zero attached hydrogens (tertiary/aromatic N) is 2. The maximum absolute atomic E-state index is 12.2. The third-order valence-corrected chi connectivity index (χ3v) is 6.06. The molecule has 8 heteroatoms. The normalized spacial score (nSPS) is 14.0. The Morgan fingerprint density at radius 2 is 1.82 bits per heavy atom. The summed E-state index contributed by atoms with van der Waals surface area (Å²) >= 11 is 0. The number of ether oxygens (including phenoxy) is 1. The van der Waals surface area contributed by atoms with E-state index in [1.807, 2.05) is 30.3 Å². The molecule has 1 aliphatic heterocycles. The average molecular weight is 462 g/mol. The van der Waals surface area contributed by atoms with Gasteiger partial charge in [-0.05, 0) is 55.1 Å². The number of phenols is 1. The van der Waals surface area contributed by atoms with E-state index in [1.54, 1.807) is 24.3 Å². The largest absolute Gasteiger partial charge is 0.507 e. The molecule has 5 N–H and O–H groups in total. The molecule has 178 valence electrons. The van der Waals surface area contributed by atoms with Crippen LogP contribution in [0.25, 0.3) is 11.3 Å². The number of benzene rings is 2. The van der Waals surface area contributed by atoms with E-state index in [4.69, 9.17) is 10.5 Å². The van der Waals surface area contributed by atoms with Crippen molar-refractivity contribution in [3.8, 4) is 22.8 Å². The molecule has 2 aromatic carbocycles.